The third kappa shape index (κ3) is 2.89. The van der Waals surface area contributed by atoms with Crippen molar-refractivity contribution in [1.82, 2.24) is 0 Å². The van der Waals surface area contributed by atoms with Crippen molar-refractivity contribution in [2.45, 2.75) is 49.0 Å². The highest BCUT2D eigenvalue weighted by atomic mass is 32.2. The molecule has 1 aliphatic heterocycles. The fourth-order valence-electron chi connectivity index (χ4n) is 2.34. The fraction of sp³-hybridized carbons (Fsp3) is 1.00. The summed E-state index contributed by atoms with van der Waals surface area (Å²) in [7, 11) is -2.67. The molecular weight excluding hydrogens is 216 g/mol. The first-order chi connectivity index (χ1) is 6.66. The Morgan fingerprint density at radius 1 is 0.929 bits per heavy atom. The molecule has 1 atom stereocenters. The minimum Gasteiger partial charge on any atom is -0.229 e. The Hall–Kier alpha value is 0.300. The summed E-state index contributed by atoms with van der Waals surface area (Å²) in [5, 5.41) is 1.16. The van der Waals surface area contributed by atoms with Crippen LogP contribution in [0.1, 0.15) is 38.5 Å². The molecule has 0 aromatic rings. The topological polar surface area (TPSA) is 34.1 Å². The molecule has 0 radical (unpaired) electrons. The summed E-state index contributed by atoms with van der Waals surface area (Å²) in [5.74, 6) is 0.867. The molecule has 4 heteroatoms. The summed E-state index contributed by atoms with van der Waals surface area (Å²) < 4.78 is 22.5. The van der Waals surface area contributed by atoms with E-state index in [-0.39, 0.29) is 0 Å². The molecule has 0 bridgehead atoms. The monoisotopic (exact) mass is 234 g/mol. The third-order valence-electron chi connectivity index (χ3n) is 3.13. The van der Waals surface area contributed by atoms with E-state index in [9.17, 15) is 8.42 Å². The van der Waals surface area contributed by atoms with Crippen molar-refractivity contribution in [2.24, 2.45) is 0 Å². The average molecular weight is 234 g/mol. The van der Waals surface area contributed by atoms with Gasteiger partial charge in [0.15, 0.2) is 9.84 Å². The van der Waals surface area contributed by atoms with Crippen LogP contribution in [-0.4, -0.2) is 30.4 Å². The van der Waals surface area contributed by atoms with Crippen LogP contribution < -0.4 is 0 Å². The van der Waals surface area contributed by atoms with E-state index in [4.69, 9.17) is 0 Å². The summed E-state index contributed by atoms with van der Waals surface area (Å²) >= 11 is 1.95. The van der Waals surface area contributed by atoms with Crippen LogP contribution in [0.3, 0.4) is 0 Å². The Bertz CT molecular complexity index is 278. The molecule has 1 aliphatic carbocycles. The number of hydrogen-bond donors (Lipinski definition) is 0. The van der Waals surface area contributed by atoms with Gasteiger partial charge in [0.1, 0.15) is 0 Å². The van der Waals surface area contributed by atoms with E-state index >= 15 is 0 Å². The van der Waals surface area contributed by atoms with Crippen molar-refractivity contribution in [3.63, 3.8) is 0 Å². The Labute approximate surface area is 90.8 Å². The average Bonchev–Trinajstić information content (AvgIpc) is 2.47. The van der Waals surface area contributed by atoms with E-state index in [1.165, 1.54) is 32.1 Å². The molecule has 14 heavy (non-hydrogen) atoms. The van der Waals surface area contributed by atoms with Gasteiger partial charge < -0.3 is 0 Å². The smallest absolute Gasteiger partial charge is 0.151 e. The second-order valence-electron chi connectivity index (χ2n) is 4.42. The fourth-order valence-corrected chi connectivity index (χ4v) is 6.37. The van der Waals surface area contributed by atoms with Crippen LogP contribution in [0.15, 0.2) is 0 Å². The maximum absolute atomic E-state index is 11.3. The maximum atomic E-state index is 11.3. The summed E-state index contributed by atoms with van der Waals surface area (Å²) in [6.45, 7) is 0. The quantitative estimate of drug-likeness (QED) is 0.735. The zero-order valence-corrected chi connectivity index (χ0v) is 10.1. The standard InChI is InChI=1S/C10H18O2S2/c11-14(12)7-6-10(8-14)13-9-4-2-1-3-5-9/h9-10H,1-8H2. The third-order valence-corrected chi connectivity index (χ3v) is 6.75. The predicted octanol–water partition coefficient (Wildman–Crippen LogP) is 2.24. The van der Waals surface area contributed by atoms with E-state index in [0.717, 1.165) is 11.7 Å². The summed E-state index contributed by atoms with van der Waals surface area (Å²) in [5.41, 5.74) is 0. The van der Waals surface area contributed by atoms with Crippen LogP contribution in [0, 0.1) is 0 Å². The first kappa shape index (κ1) is 10.8. The highest BCUT2D eigenvalue weighted by molar-refractivity contribution is 8.02. The van der Waals surface area contributed by atoms with Crippen molar-refractivity contribution >= 4 is 21.6 Å². The Morgan fingerprint density at radius 2 is 1.64 bits per heavy atom. The van der Waals surface area contributed by atoms with Crippen molar-refractivity contribution in [3.8, 4) is 0 Å². The van der Waals surface area contributed by atoms with Crippen LogP contribution in [0.4, 0.5) is 0 Å². The van der Waals surface area contributed by atoms with E-state index < -0.39 is 9.84 Å². The SMILES string of the molecule is O=S1(=O)CCC(SC2CCCCC2)C1. The van der Waals surface area contributed by atoms with E-state index in [1.54, 1.807) is 0 Å². The van der Waals surface area contributed by atoms with Gasteiger partial charge in [-0.2, -0.15) is 11.8 Å². The maximum Gasteiger partial charge on any atom is 0.151 e. The van der Waals surface area contributed by atoms with Crippen LogP contribution in [0.25, 0.3) is 0 Å². The normalized spacial score (nSPS) is 33.3. The minimum atomic E-state index is -2.67. The Kier molecular flexibility index (Phi) is 3.42. The first-order valence-electron chi connectivity index (χ1n) is 5.52. The highest BCUT2D eigenvalue weighted by Gasteiger charge is 2.30. The second-order valence-corrected chi connectivity index (χ2v) is 8.26. The van der Waals surface area contributed by atoms with Gasteiger partial charge in [0, 0.05) is 10.5 Å². The molecule has 1 unspecified atom stereocenters. The molecule has 2 aliphatic rings. The minimum absolute atomic E-state index is 0.406. The zero-order valence-electron chi connectivity index (χ0n) is 8.44. The van der Waals surface area contributed by atoms with Crippen molar-refractivity contribution in [2.75, 3.05) is 11.5 Å². The van der Waals surface area contributed by atoms with Gasteiger partial charge in [-0.15, -0.1) is 0 Å². The van der Waals surface area contributed by atoms with Gasteiger partial charge in [-0.25, -0.2) is 8.42 Å². The lowest BCUT2D eigenvalue weighted by Gasteiger charge is -2.23. The van der Waals surface area contributed by atoms with Crippen molar-refractivity contribution < 1.29 is 8.42 Å². The van der Waals surface area contributed by atoms with Gasteiger partial charge in [-0.1, -0.05) is 19.3 Å². The molecule has 2 rings (SSSR count). The summed E-state index contributed by atoms with van der Waals surface area (Å²) in [6, 6.07) is 0. The Balaban J connectivity index is 1.80. The van der Waals surface area contributed by atoms with E-state index in [2.05, 4.69) is 0 Å². The molecule has 0 N–H and O–H groups in total. The Morgan fingerprint density at radius 3 is 2.21 bits per heavy atom. The van der Waals surface area contributed by atoms with Crippen LogP contribution in [0.5, 0.6) is 0 Å². The van der Waals surface area contributed by atoms with Crippen LogP contribution in [-0.2, 0) is 9.84 Å². The molecule has 1 saturated heterocycles. The second kappa shape index (κ2) is 4.44. The van der Waals surface area contributed by atoms with Crippen LogP contribution in [0.2, 0.25) is 0 Å². The molecule has 0 amide bonds. The van der Waals surface area contributed by atoms with Crippen LogP contribution >= 0.6 is 11.8 Å². The molecule has 2 nitrogen and oxygen atoms in total. The van der Waals surface area contributed by atoms with Crippen molar-refractivity contribution in [3.05, 3.63) is 0 Å². The molecule has 0 spiro atoms. The van der Waals surface area contributed by atoms with Gasteiger partial charge in [-0.3, -0.25) is 0 Å². The van der Waals surface area contributed by atoms with Gasteiger partial charge in [0.05, 0.1) is 11.5 Å². The molecule has 0 aromatic carbocycles. The zero-order chi connectivity index (χ0) is 10.0. The number of thioether (sulfide) groups is 1. The molecule has 0 aromatic heterocycles. The van der Waals surface area contributed by atoms with Gasteiger partial charge in [0.25, 0.3) is 0 Å². The van der Waals surface area contributed by atoms with E-state index in [1.807, 2.05) is 11.8 Å². The van der Waals surface area contributed by atoms with E-state index in [0.29, 0.717) is 16.8 Å². The molecule has 2 fully saturated rings. The number of rotatable bonds is 2. The summed E-state index contributed by atoms with van der Waals surface area (Å²) in [6.07, 6.45) is 7.57. The highest BCUT2D eigenvalue weighted by Crippen LogP contribution is 2.35. The van der Waals surface area contributed by atoms with Gasteiger partial charge >= 0.3 is 0 Å². The van der Waals surface area contributed by atoms with Gasteiger partial charge in [0.2, 0.25) is 0 Å². The predicted molar refractivity (Wildman–Crippen MR) is 61.5 cm³/mol. The first-order valence-corrected chi connectivity index (χ1v) is 8.28. The van der Waals surface area contributed by atoms with Crippen molar-refractivity contribution in [1.29, 1.82) is 0 Å². The molecular formula is C10H18O2S2. The van der Waals surface area contributed by atoms with Gasteiger partial charge in [-0.05, 0) is 19.3 Å². The molecule has 82 valence electrons. The lowest BCUT2D eigenvalue weighted by molar-refractivity contribution is 0.515. The number of hydrogen-bond acceptors (Lipinski definition) is 3. The largest absolute Gasteiger partial charge is 0.229 e. The number of sulfone groups is 1. The lowest BCUT2D eigenvalue weighted by atomic mass is 10.0. The lowest BCUT2D eigenvalue weighted by Crippen LogP contribution is -2.15. The molecule has 1 saturated carbocycles. The molecule has 1 heterocycles. The summed E-state index contributed by atoms with van der Waals surface area (Å²) in [4.78, 5) is 0.